The van der Waals surface area contributed by atoms with Crippen LogP contribution in [0.4, 0.5) is 22.0 Å². The lowest BCUT2D eigenvalue weighted by molar-refractivity contribution is -0.141. The van der Waals surface area contributed by atoms with Gasteiger partial charge < -0.3 is 15.2 Å². The van der Waals surface area contributed by atoms with Gasteiger partial charge in [0.15, 0.2) is 6.29 Å². The van der Waals surface area contributed by atoms with E-state index in [1.165, 1.54) is 0 Å². The van der Waals surface area contributed by atoms with Crippen molar-refractivity contribution in [1.82, 2.24) is 15.2 Å². The Hall–Kier alpha value is -2.07. The van der Waals surface area contributed by atoms with Gasteiger partial charge in [-0.3, -0.25) is 4.79 Å². The molecular weight excluding hydrogens is 455 g/mol. The Labute approximate surface area is 199 Å². The first-order valence-electron chi connectivity index (χ1n) is 11.9. The molecule has 2 aliphatic heterocycles. The van der Waals surface area contributed by atoms with E-state index in [9.17, 15) is 26.7 Å². The van der Waals surface area contributed by atoms with E-state index < -0.39 is 29.3 Å². The van der Waals surface area contributed by atoms with Crippen molar-refractivity contribution in [3.8, 4) is 0 Å². The quantitative estimate of drug-likeness (QED) is 0.473. The molecule has 1 aromatic carbocycles. The number of nitrogens with zero attached hydrogens (tertiary/aromatic N) is 3. The van der Waals surface area contributed by atoms with Crippen molar-refractivity contribution in [2.24, 2.45) is 5.10 Å². The molecule has 1 fully saturated rings. The topological polar surface area (TPSA) is 47.9 Å². The van der Waals surface area contributed by atoms with E-state index in [1.54, 1.807) is 0 Å². The van der Waals surface area contributed by atoms with E-state index in [-0.39, 0.29) is 5.56 Å². The molecule has 1 N–H and O–H groups in total. The first-order valence-corrected chi connectivity index (χ1v) is 11.9. The average Bonchev–Trinajstić information content (AvgIpc) is 2.91. The van der Waals surface area contributed by atoms with E-state index in [4.69, 9.17) is 0 Å². The Morgan fingerprint density at radius 2 is 1.76 bits per heavy atom. The standard InChI is InChI=1S/C13H14F5N.C9H17N3O.C2H6/c1-19-4-2-8(3-5-19)10-6-9(14)7-11(15)12(10)13(16,17)18;1-2-12-6-3-4-9(8-13)11-10-5-7-12;1-2/h6-8H,2-5H2,1H3;8,10H,2-7H2,1H3;1-2H3/b;11-9+;. The molecule has 34 heavy (non-hydrogen) atoms. The number of halogens is 5. The van der Waals surface area contributed by atoms with Crippen LogP contribution in [0.1, 0.15) is 63.5 Å². The third-order valence-corrected chi connectivity index (χ3v) is 5.78. The Morgan fingerprint density at radius 1 is 1.12 bits per heavy atom. The highest BCUT2D eigenvalue weighted by Crippen LogP contribution is 2.40. The van der Waals surface area contributed by atoms with Crippen LogP contribution in [-0.2, 0) is 11.0 Å². The largest absolute Gasteiger partial charge is 0.419 e. The predicted octanol–water partition coefficient (Wildman–Crippen LogP) is 5.07. The number of aldehydes is 1. The maximum absolute atomic E-state index is 13.5. The normalized spacial score (nSPS) is 20.1. The van der Waals surface area contributed by atoms with Gasteiger partial charge in [0.2, 0.25) is 0 Å². The van der Waals surface area contributed by atoms with Crippen molar-refractivity contribution in [3.05, 3.63) is 34.9 Å². The number of nitrogens with one attached hydrogen (secondary N) is 1. The molecule has 0 atom stereocenters. The van der Waals surface area contributed by atoms with Crippen LogP contribution in [0.2, 0.25) is 0 Å². The molecule has 194 valence electrons. The third kappa shape index (κ3) is 9.66. The van der Waals surface area contributed by atoms with Crippen molar-refractivity contribution in [1.29, 1.82) is 0 Å². The Balaban J connectivity index is 0.000000337. The summed E-state index contributed by atoms with van der Waals surface area (Å²) < 4.78 is 65.4. The zero-order chi connectivity index (χ0) is 25.7. The van der Waals surface area contributed by atoms with E-state index in [2.05, 4.69) is 22.4 Å². The molecule has 0 unspecified atom stereocenters. The number of benzene rings is 1. The molecule has 0 saturated carbocycles. The minimum atomic E-state index is -4.80. The van der Waals surface area contributed by atoms with Crippen LogP contribution in [0.3, 0.4) is 0 Å². The molecule has 0 radical (unpaired) electrons. The minimum absolute atomic E-state index is 0.252. The summed E-state index contributed by atoms with van der Waals surface area (Å²) >= 11 is 0. The molecule has 0 spiro atoms. The number of likely N-dealkylation sites (tertiary alicyclic amines) is 1. The smallest absolute Gasteiger partial charge is 0.308 e. The zero-order valence-electron chi connectivity index (χ0n) is 20.5. The SMILES string of the molecule is CC.CCN1CCC/C(C=O)=N\NCC1.CN1CCC(c2cc(F)cc(F)c2C(F)(F)F)CC1. The van der Waals surface area contributed by atoms with Crippen LogP contribution in [0.5, 0.6) is 0 Å². The van der Waals surface area contributed by atoms with Crippen LogP contribution >= 0.6 is 0 Å². The lowest BCUT2D eigenvalue weighted by Crippen LogP contribution is -2.30. The first-order chi connectivity index (χ1) is 16.2. The van der Waals surface area contributed by atoms with Gasteiger partial charge in [0.1, 0.15) is 11.6 Å². The summed E-state index contributed by atoms with van der Waals surface area (Å²) in [4.78, 5) is 14.8. The zero-order valence-corrected chi connectivity index (χ0v) is 20.5. The highest BCUT2D eigenvalue weighted by molar-refractivity contribution is 6.28. The van der Waals surface area contributed by atoms with Gasteiger partial charge >= 0.3 is 6.18 Å². The number of hydrazone groups is 1. The Bertz CT molecular complexity index is 777. The fourth-order valence-corrected chi connectivity index (χ4v) is 3.95. The van der Waals surface area contributed by atoms with Crippen LogP contribution in [0.15, 0.2) is 17.2 Å². The second-order valence-electron chi connectivity index (χ2n) is 8.09. The molecule has 0 aliphatic carbocycles. The maximum Gasteiger partial charge on any atom is 0.419 e. The molecule has 0 bridgehead atoms. The van der Waals surface area contributed by atoms with Gasteiger partial charge in [-0.1, -0.05) is 20.8 Å². The Morgan fingerprint density at radius 3 is 2.32 bits per heavy atom. The van der Waals surface area contributed by atoms with Crippen molar-refractivity contribution < 1.29 is 26.7 Å². The van der Waals surface area contributed by atoms with Gasteiger partial charge in [-0.15, -0.1) is 0 Å². The van der Waals surface area contributed by atoms with Gasteiger partial charge in [0.25, 0.3) is 0 Å². The lowest BCUT2D eigenvalue weighted by Gasteiger charge is -2.30. The number of rotatable bonds is 3. The number of likely N-dealkylation sites (N-methyl/N-ethyl adjacent to an activating group) is 1. The molecule has 2 heterocycles. The number of piperidine rings is 1. The van der Waals surface area contributed by atoms with Crippen molar-refractivity contribution in [2.45, 2.75) is 58.5 Å². The third-order valence-electron chi connectivity index (χ3n) is 5.78. The second kappa shape index (κ2) is 15.0. The molecule has 3 rings (SSSR count). The molecule has 1 aromatic rings. The van der Waals surface area contributed by atoms with Gasteiger partial charge in [-0.05, 0) is 76.5 Å². The molecule has 2 aliphatic rings. The summed E-state index contributed by atoms with van der Waals surface area (Å²) in [5.74, 6) is -2.93. The molecular formula is C24H37F5N4O. The monoisotopic (exact) mass is 492 g/mol. The first kappa shape index (κ1) is 30.0. The number of alkyl halides is 3. The summed E-state index contributed by atoms with van der Waals surface area (Å²) in [6.45, 7) is 11.4. The average molecular weight is 493 g/mol. The summed E-state index contributed by atoms with van der Waals surface area (Å²) in [5.41, 5.74) is 1.98. The molecule has 0 amide bonds. The van der Waals surface area contributed by atoms with Crippen molar-refractivity contribution in [3.63, 3.8) is 0 Å². The fourth-order valence-electron chi connectivity index (χ4n) is 3.95. The number of hydrogen-bond acceptors (Lipinski definition) is 5. The van der Waals surface area contributed by atoms with Crippen LogP contribution in [0, 0.1) is 11.6 Å². The summed E-state index contributed by atoms with van der Waals surface area (Å²) in [5, 5.41) is 4.00. The van der Waals surface area contributed by atoms with E-state index in [0.717, 1.165) is 51.4 Å². The minimum Gasteiger partial charge on any atom is -0.308 e. The highest BCUT2D eigenvalue weighted by Gasteiger charge is 2.39. The fraction of sp³-hybridized carbons (Fsp3) is 0.667. The summed E-state index contributed by atoms with van der Waals surface area (Å²) in [6, 6.07) is 1.11. The van der Waals surface area contributed by atoms with Gasteiger partial charge in [0.05, 0.1) is 11.3 Å². The number of hydrogen-bond donors (Lipinski definition) is 1. The van der Waals surface area contributed by atoms with E-state index in [0.29, 0.717) is 37.7 Å². The predicted molar refractivity (Wildman–Crippen MR) is 125 cm³/mol. The maximum atomic E-state index is 13.5. The van der Waals surface area contributed by atoms with Crippen LogP contribution in [-0.4, -0.2) is 68.1 Å². The van der Waals surface area contributed by atoms with Gasteiger partial charge in [-0.25, -0.2) is 8.78 Å². The van der Waals surface area contributed by atoms with Gasteiger partial charge in [-0.2, -0.15) is 18.3 Å². The molecule has 5 nitrogen and oxygen atoms in total. The van der Waals surface area contributed by atoms with Crippen molar-refractivity contribution >= 4 is 12.0 Å². The van der Waals surface area contributed by atoms with E-state index >= 15 is 0 Å². The lowest BCUT2D eigenvalue weighted by atomic mass is 9.86. The Kier molecular flexibility index (Phi) is 13.2. The molecule has 10 heteroatoms. The second-order valence-corrected chi connectivity index (χ2v) is 8.09. The van der Waals surface area contributed by atoms with E-state index in [1.807, 2.05) is 25.8 Å². The van der Waals surface area contributed by atoms with Crippen LogP contribution < -0.4 is 5.43 Å². The number of carbonyl (C=O) groups excluding carboxylic acids is 1. The van der Waals surface area contributed by atoms with Gasteiger partial charge in [0, 0.05) is 19.2 Å². The molecule has 0 aromatic heterocycles. The number of carbonyl (C=O) groups is 1. The summed E-state index contributed by atoms with van der Waals surface area (Å²) in [7, 11) is 1.87. The van der Waals surface area contributed by atoms with Crippen LogP contribution in [0.25, 0.3) is 0 Å². The summed E-state index contributed by atoms with van der Waals surface area (Å²) in [6.07, 6.45) is -1.20. The van der Waals surface area contributed by atoms with Crippen molar-refractivity contribution in [2.75, 3.05) is 46.3 Å². The highest BCUT2D eigenvalue weighted by atomic mass is 19.4. The molecule has 1 saturated heterocycles.